The summed E-state index contributed by atoms with van der Waals surface area (Å²) >= 11 is 0. The van der Waals surface area contributed by atoms with Crippen LogP contribution in [0.2, 0.25) is 0 Å². The molecule has 4 aliphatic carbocycles. The maximum Gasteiger partial charge on any atom is 0.302 e. The zero-order valence-electron chi connectivity index (χ0n) is 24.4. The normalized spacial score (nSPS) is 46.7. The Labute approximate surface area is 211 Å². The van der Waals surface area contributed by atoms with Gasteiger partial charge in [0.05, 0.1) is 0 Å². The van der Waals surface area contributed by atoms with Crippen LogP contribution >= 0.6 is 0 Å². The maximum atomic E-state index is 11.9. The summed E-state index contributed by atoms with van der Waals surface area (Å²) in [7, 11) is 0. The standard InChI is InChI=1S/C32H54O2/c1-20(2)21(3)27-23-12-13-25-30(9)16-15-26(34-22(4)33)29(7,8)24(30)14-17-32(25,11)31(23,10)19-18-28(27,5)6/h20,23-26H,12-19H2,1-11H3. The Hall–Kier alpha value is -0.790. The first-order chi connectivity index (χ1) is 15.5. The quantitative estimate of drug-likeness (QED) is 0.297. The van der Waals surface area contributed by atoms with Crippen molar-refractivity contribution < 1.29 is 9.53 Å². The molecular formula is C32H54O2. The second-order valence-corrected chi connectivity index (χ2v) is 15.2. The number of esters is 1. The third-order valence-electron chi connectivity index (χ3n) is 12.8. The largest absolute Gasteiger partial charge is 0.462 e. The van der Waals surface area contributed by atoms with Crippen LogP contribution in [0.5, 0.6) is 0 Å². The minimum atomic E-state index is -0.111. The molecule has 0 amide bonds. The maximum absolute atomic E-state index is 11.9. The molecule has 4 aliphatic rings. The first-order valence-electron chi connectivity index (χ1n) is 14.4. The lowest BCUT2D eigenvalue weighted by atomic mass is 9.33. The summed E-state index contributed by atoms with van der Waals surface area (Å²) < 4.78 is 5.91. The van der Waals surface area contributed by atoms with Gasteiger partial charge in [-0.05, 0) is 104 Å². The van der Waals surface area contributed by atoms with Crippen LogP contribution in [0.15, 0.2) is 11.1 Å². The van der Waals surface area contributed by atoms with E-state index in [1.807, 2.05) is 5.57 Å². The van der Waals surface area contributed by atoms with Crippen molar-refractivity contribution in [1.82, 2.24) is 0 Å². The molecule has 0 radical (unpaired) electrons. The highest BCUT2D eigenvalue weighted by molar-refractivity contribution is 5.66. The van der Waals surface area contributed by atoms with Crippen LogP contribution < -0.4 is 0 Å². The Morgan fingerprint density at radius 1 is 0.794 bits per heavy atom. The molecule has 7 atom stereocenters. The van der Waals surface area contributed by atoms with Gasteiger partial charge in [-0.2, -0.15) is 0 Å². The number of hydrogen-bond donors (Lipinski definition) is 0. The van der Waals surface area contributed by atoms with Gasteiger partial charge >= 0.3 is 5.97 Å². The molecule has 194 valence electrons. The Bertz CT molecular complexity index is 862. The zero-order valence-corrected chi connectivity index (χ0v) is 24.4. The third kappa shape index (κ3) is 3.50. The van der Waals surface area contributed by atoms with Crippen molar-refractivity contribution in [3.8, 4) is 0 Å². The van der Waals surface area contributed by atoms with Crippen LogP contribution in [0.3, 0.4) is 0 Å². The molecule has 0 spiro atoms. The number of hydrogen-bond acceptors (Lipinski definition) is 2. The van der Waals surface area contributed by atoms with E-state index in [0.717, 1.165) is 18.3 Å². The molecule has 4 fully saturated rings. The molecule has 2 nitrogen and oxygen atoms in total. The second kappa shape index (κ2) is 8.11. The summed E-state index contributed by atoms with van der Waals surface area (Å²) in [6, 6.07) is 0. The van der Waals surface area contributed by atoms with Crippen molar-refractivity contribution in [2.45, 2.75) is 134 Å². The van der Waals surface area contributed by atoms with Gasteiger partial charge in [0.2, 0.25) is 0 Å². The minimum absolute atomic E-state index is 0.0472. The molecule has 0 N–H and O–H groups in total. The number of carbonyl (C=O) groups excluding carboxylic acids is 1. The molecule has 4 rings (SSSR count). The molecule has 0 aromatic heterocycles. The molecule has 34 heavy (non-hydrogen) atoms. The number of allylic oxidation sites excluding steroid dienone is 2. The summed E-state index contributed by atoms with van der Waals surface area (Å²) in [4.78, 5) is 11.9. The number of carbonyl (C=O) groups is 1. The molecular weight excluding hydrogens is 416 g/mol. The third-order valence-corrected chi connectivity index (χ3v) is 12.8. The topological polar surface area (TPSA) is 26.3 Å². The van der Waals surface area contributed by atoms with Crippen LogP contribution in [0.4, 0.5) is 0 Å². The molecule has 4 saturated carbocycles. The summed E-state index contributed by atoms with van der Waals surface area (Å²) in [6.07, 6.45) is 10.3. The lowest BCUT2D eigenvalue weighted by Gasteiger charge is -2.72. The van der Waals surface area contributed by atoms with Gasteiger partial charge in [-0.3, -0.25) is 4.79 Å². The van der Waals surface area contributed by atoms with E-state index in [9.17, 15) is 4.79 Å². The van der Waals surface area contributed by atoms with Gasteiger partial charge in [-0.25, -0.2) is 0 Å². The van der Waals surface area contributed by atoms with Gasteiger partial charge < -0.3 is 4.74 Å². The fourth-order valence-corrected chi connectivity index (χ4v) is 10.5. The van der Waals surface area contributed by atoms with Crippen molar-refractivity contribution in [1.29, 1.82) is 0 Å². The molecule has 0 heterocycles. The average Bonchev–Trinajstić information content (AvgIpc) is 2.70. The van der Waals surface area contributed by atoms with Gasteiger partial charge in [0.15, 0.2) is 0 Å². The van der Waals surface area contributed by atoms with Crippen LogP contribution in [0.25, 0.3) is 0 Å². The molecule has 0 aromatic carbocycles. The van der Waals surface area contributed by atoms with E-state index in [-0.39, 0.29) is 17.5 Å². The molecule has 2 heteroatoms. The Balaban J connectivity index is 1.74. The van der Waals surface area contributed by atoms with E-state index in [4.69, 9.17) is 4.74 Å². The number of ether oxygens (including phenoxy) is 1. The van der Waals surface area contributed by atoms with E-state index < -0.39 is 0 Å². The first-order valence-corrected chi connectivity index (χ1v) is 14.4. The van der Waals surface area contributed by atoms with E-state index in [1.165, 1.54) is 44.9 Å². The van der Waals surface area contributed by atoms with Crippen molar-refractivity contribution in [2.75, 3.05) is 0 Å². The highest BCUT2D eigenvalue weighted by atomic mass is 16.5. The molecule has 0 saturated heterocycles. The zero-order chi connectivity index (χ0) is 25.5. The summed E-state index contributed by atoms with van der Waals surface area (Å²) in [6.45, 7) is 26.7. The Kier molecular flexibility index (Phi) is 6.27. The van der Waals surface area contributed by atoms with Gasteiger partial charge in [0, 0.05) is 12.3 Å². The fraction of sp³-hybridized carbons (Fsp3) is 0.906. The molecule has 7 unspecified atom stereocenters. The Morgan fingerprint density at radius 3 is 2.03 bits per heavy atom. The first kappa shape index (κ1) is 26.3. The van der Waals surface area contributed by atoms with E-state index in [0.29, 0.717) is 33.5 Å². The van der Waals surface area contributed by atoms with E-state index in [1.54, 1.807) is 12.5 Å². The van der Waals surface area contributed by atoms with Crippen molar-refractivity contribution >= 4 is 5.97 Å². The summed E-state index contributed by atoms with van der Waals surface area (Å²) in [5.74, 6) is 2.64. The van der Waals surface area contributed by atoms with Crippen molar-refractivity contribution in [2.24, 2.45) is 50.7 Å². The fourth-order valence-electron chi connectivity index (χ4n) is 10.5. The summed E-state index contributed by atoms with van der Waals surface area (Å²) in [5, 5.41) is 0. The van der Waals surface area contributed by atoms with Crippen LogP contribution in [0.1, 0.15) is 128 Å². The molecule has 0 bridgehead atoms. The highest BCUT2D eigenvalue weighted by Gasteiger charge is 2.68. The second-order valence-electron chi connectivity index (χ2n) is 15.2. The number of fused-ring (bicyclic) bond motifs is 5. The minimum Gasteiger partial charge on any atom is -0.462 e. The molecule has 0 aromatic rings. The van der Waals surface area contributed by atoms with Crippen molar-refractivity contribution in [3.05, 3.63) is 11.1 Å². The van der Waals surface area contributed by atoms with Crippen LogP contribution in [-0.2, 0) is 9.53 Å². The smallest absolute Gasteiger partial charge is 0.302 e. The number of rotatable bonds is 2. The summed E-state index contributed by atoms with van der Waals surface area (Å²) in [5.41, 5.74) is 4.96. The van der Waals surface area contributed by atoms with Gasteiger partial charge in [-0.1, -0.05) is 73.5 Å². The molecule has 0 aliphatic heterocycles. The van der Waals surface area contributed by atoms with Gasteiger partial charge in [0.1, 0.15) is 6.10 Å². The van der Waals surface area contributed by atoms with E-state index >= 15 is 0 Å². The van der Waals surface area contributed by atoms with Crippen LogP contribution in [-0.4, -0.2) is 12.1 Å². The predicted octanol–water partition coefficient (Wildman–Crippen LogP) is 8.99. The lowest BCUT2D eigenvalue weighted by molar-refractivity contribution is -0.232. The Morgan fingerprint density at radius 2 is 1.44 bits per heavy atom. The van der Waals surface area contributed by atoms with Gasteiger partial charge in [0.25, 0.3) is 0 Å². The lowest BCUT2D eigenvalue weighted by Crippen LogP contribution is -2.65. The van der Waals surface area contributed by atoms with E-state index in [2.05, 4.69) is 69.2 Å². The SMILES string of the molecule is CC(=O)OC1CCC2(C)C(CCC3(C)C2CCC2C(=C(C)C(C)C)C(C)(C)CCC23C)C1(C)C. The van der Waals surface area contributed by atoms with Crippen LogP contribution in [0, 0.1) is 50.7 Å². The van der Waals surface area contributed by atoms with Gasteiger partial charge in [-0.15, -0.1) is 0 Å². The highest BCUT2D eigenvalue weighted by Crippen LogP contribution is 2.75. The monoisotopic (exact) mass is 470 g/mol. The van der Waals surface area contributed by atoms with Crippen molar-refractivity contribution in [3.63, 3.8) is 0 Å². The predicted molar refractivity (Wildman–Crippen MR) is 142 cm³/mol. The average molecular weight is 471 g/mol.